The van der Waals surface area contributed by atoms with Gasteiger partial charge >= 0.3 is 11.9 Å². The first kappa shape index (κ1) is 20.8. The number of aromatic hydroxyl groups is 1. The predicted molar refractivity (Wildman–Crippen MR) is 104 cm³/mol. The van der Waals surface area contributed by atoms with E-state index in [1.54, 1.807) is 32.9 Å². The Balaban J connectivity index is 2.84. The molecule has 1 N–H and O–H groups in total. The minimum Gasteiger partial charge on any atom is -0.508 e. The number of hydrogen-bond donors (Lipinski definition) is 1. The van der Waals surface area contributed by atoms with E-state index in [0.717, 1.165) is 11.2 Å². The van der Waals surface area contributed by atoms with E-state index in [0.29, 0.717) is 29.0 Å². The summed E-state index contributed by atoms with van der Waals surface area (Å²) in [6.45, 7) is 12.4. The zero-order valence-corrected chi connectivity index (χ0v) is 17.0. The van der Waals surface area contributed by atoms with Crippen LogP contribution in [0.5, 0.6) is 5.75 Å². The lowest BCUT2D eigenvalue weighted by molar-refractivity contribution is -0.144. The first-order valence-electron chi connectivity index (χ1n) is 9.42. The van der Waals surface area contributed by atoms with E-state index in [4.69, 9.17) is 9.47 Å². The molecule has 0 spiro atoms. The Hall–Kier alpha value is -2.50. The molecule has 1 unspecified atom stereocenters. The lowest BCUT2D eigenvalue weighted by atomic mass is 9.93. The normalized spacial score (nSPS) is 12.4. The predicted octanol–water partition coefficient (Wildman–Crippen LogP) is 4.15. The van der Waals surface area contributed by atoms with Crippen molar-refractivity contribution < 1.29 is 24.2 Å². The number of carbonyl (C=O) groups excluding carboxylic acids is 2. The second-order valence-corrected chi connectivity index (χ2v) is 7.05. The number of fused-ring (bicyclic) bond motifs is 1. The molecule has 2 rings (SSSR count). The highest BCUT2D eigenvalue weighted by atomic mass is 16.5. The van der Waals surface area contributed by atoms with Gasteiger partial charge in [0.1, 0.15) is 5.75 Å². The second kappa shape index (κ2) is 8.46. The van der Waals surface area contributed by atoms with Crippen LogP contribution in [0.3, 0.4) is 0 Å². The minimum atomic E-state index is -0.712. The zero-order valence-electron chi connectivity index (χ0n) is 17.0. The Kier molecular flexibility index (Phi) is 6.52. The van der Waals surface area contributed by atoms with Crippen molar-refractivity contribution in [1.29, 1.82) is 0 Å². The van der Waals surface area contributed by atoms with Crippen molar-refractivity contribution in [2.75, 3.05) is 13.2 Å². The number of esters is 2. The van der Waals surface area contributed by atoms with Gasteiger partial charge in [0.05, 0.1) is 24.7 Å². The number of aromatic nitrogens is 1. The fraction of sp³-hybridized carbons (Fsp3) is 0.524. The summed E-state index contributed by atoms with van der Waals surface area (Å²) in [5.41, 5.74) is 2.36. The molecule has 0 aliphatic rings. The van der Waals surface area contributed by atoms with Crippen LogP contribution in [0.1, 0.15) is 62.2 Å². The maximum Gasteiger partial charge on any atom is 0.340 e. The number of phenolic OH excluding ortho intramolecular Hbond substituents is 1. The Morgan fingerprint density at radius 3 is 2.30 bits per heavy atom. The molecular formula is C21H29NO5. The third kappa shape index (κ3) is 3.94. The molecule has 0 fully saturated rings. The Labute approximate surface area is 160 Å². The van der Waals surface area contributed by atoms with Crippen molar-refractivity contribution in [2.24, 2.45) is 5.92 Å². The summed E-state index contributed by atoms with van der Waals surface area (Å²) < 4.78 is 12.5. The summed E-state index contributed by atoms with van der Waals surface area (Å²) >= 11 is 0. The van der Waals surface area contributed by atoms with Crippen LogP contribution in [0.15, 0.2) is 12.1 Å². The highest BCUT2D eigenvalue weighted by Gasteiger charge is 2.30. The van der Waals surface area contributed by atoms with Crippen LogP contribution in [0.25, 0.3) is 10.9 Å². The number of carbonyl (C=O) groups is 2. The molecule has 148 valence electrons. The van der Waals surface area contributed by atoms with Gasteiger partial charge in [0, 0.05) is 28.7 Å². The molecule has 0 amide bonds. The van der Waals surface area contributed by atoms with Gasteiger partial charge in [0.2, 0.25) is 0 Å². The van der Waals surface area contributed by atoms with Crippen molar-refractivity contribution in [2.45, 2.75) is 54.0 Å². The highest BCUT2D eigenvalue weighted by Crippen LogP contribution is 2.39. The van der Waals surface area contributed by atoms with Crippen LogP contribution >= 0.6 is 0 Å². The monoisotopic (exact) mass is 375 g/mol. The molecule has 0 radical (unpaired) electrons. The van der Waals surface area contributed by atoms with Crippen LogP contribution in [0.4, 0.5) is 0 Å². The smallest absolute Gasteiger partial charge is 0.340 e. The maximum absolute atomic E-state index is 12.7. The largest absolute Gasteiger partial charge is 0.508 e. The maximum atomic E-state index is 12.7. The average molecular weight is 375 g/mol. The number of hydrogen-bond acceptors (Lipinski definition) is 5. The van der Waals surface area contributed by atoms with Crippen molar-refractivity contribution in [1.82, 2.24) is 4.57 Å². The number of benzene rings is 1. The van der Waals surface area contributed by atoms with Crippen LogP contribution in [0, 0.1) is 12.8 Å². The molecule has 1 heterocycles. The van der Waals surface area contributed by atoms with Crippen molar-refractivity contribution in [3.05, 3.63) is 29.0 Å². The van der Waals surface area contributed by atoms with Gasteiger partial charge < -0.3 is 19.1 Å². The SMILES string of the molecule is CCOC(=O)c1c(C)n(CC(C)C)c2ccc(O)c(C(C)C(=O)OCC)c12. The lowest BCUT2D eigenvalue weighted by Crippen LogP contribution is -2.14. The van der Waals surface area contributed by atoms with Crippen LogP contribution in [-0.2, 0) is 20.8 Å². The van der Waals surface area contributed by atoms with Crippen LogP contribution in [-0.4, -0.2) is 34.8 Å². The number of phenols is 1. The Morgan fingerprint density at radius 2 is 1.74 bits per heavy atom. The third-order valence-electron chi connectivity index (χ3n) is 4.61. The molecule has 6 heteroatoms. The molecule has 1 aromatic heterocycles. The second-order valence-electron chi connectivity index (χ2n) is 7.05. The first-order chi connectivity index (χ1) is 12.7. The number of ether oxygens (including phenoxy) is 2. The molecular weight excluding hydrogens is 346 g/mol. The summed E-state index contributed by atoms with van der Waals surface area (Å²) in [5.74, 6) is -1.28. The van der Waals surface area contributed by atoms with E-state index < -0.39 is 17.9 Å². The van der Waals surface area contributed by atoms with E-state index in [1.807, 2.05) is 11.5 Å². The van der Waals surface area contributed by atoms with Gasteiger partial charge in [-0.15, -0.1) is 0 Å². The quantitative estimate of drug-likeness (QED) is 0.736. The van der Waals surface area contributed by atoms with Crippen molar-refractivity contribution in [3.8, 4) is 5.75 Å². The van der Waals surface area contributed by atoms with Crippen LogP contribution in [0.2, 0.25) is 0 Å². The summed E-state index contributed by atoms with van der Waals surface area (Å²) in [5, 5.41) is 11.1. The van der Waals surface area contributed by atoms with Gasteiger partial charge in [-0.05, 0) is 45.7 Å². The minimum absolute atomic E-state index is 0.0321. The molecule has 0 saturated carbocycles. The summed E-state index contributed by atoms with van der Waals surface area (Å²) in [6, 6.07) is 3.35. The van der Waals surface area contributed by atoms with Gasteiger partial charge in [-0.1, -0.05) is 13.8 Å². The van der Waals surface area contributed by atoms with Crippen molar-refractivity contribution >= 4 is 22.8 Å². The molecule has 6 nitrogen and oxygen atoms in total. The van der Waals surface area contributed by atoms with Gasteiger partial charge in [-0.2, -0.15) is 0 Å². The molecule has 1 aromatic carbocycles. The highest BCUT2D eigenvalue weighted by molar-refractivity contribution is 6.09. The topological polar surface area (TPSA) is 77.8 Å². The van der Waals surface area contributed by atoms with Gasteiger partial charge in [0.15, 0.2) is 0 Å². The molecule has 0 bridgehead atoms. The Morgan fingerprint density at radius 1 is 1.11 bits per heavy atom. The average Bonchev–Trinajstić information content (AvgIpc) is 2.86. The molecule has 0 aliphatic carbocycles. The van der Waals surface area contributed by atoms with E-state index >= 15 is 0 Å². The van der Waals surface area contributed by atoms with E-state index in [1.165, 1.54) is 0 Å². The van der Waals surface area contributed by atoms with Crippen LogP contribution < -0.4 is 0 Å². The fourth-order valence-electron chi connectivity index (χ4n) is 3.46. The third-order valence-corrected chi connectivity index (χ3v) is 4.61. The molecule has 27 heavy (non-hydrogen) atoms. The summed E-state index contributed by atoms with van der Waals surface area (Å²) in [6.07, 6.45) is 0. The molecule has 0 saturated heterocycles. The fourth-order valence-corrected chi connectivity index (χ4v) is 3.46. The van der Waals surface area contributed by atoms with Gasteiger partial charge in [0.25, 0.3) is 0 Å². The van der Waals surface area contributed by atoms with E-state index in [-0.39, 0.29) is 19.0 Å². The lowest BCUT2D eigenvalue weighted by Gasteiger charge is -2.15. The molecule has 1 atom stereocenters. The first-order valence-corrected chi connectivity index (χ1v) is 9.42. The molecule has 0 aliphatic heterocycles. The summed E-state index contributed by atoms with van der Waals surface area (Å²) in [7, 11) is 0. The molecule has 2 aromatic rings. The number of nitrogens with zero attached hydrogens (tertiary/aromatic N) is 1. The summed E-state index contributed by atoms with van der Waals surface area (Å²) in [4.78, 5) is 25.1. The van der Waals surface area contributed by atoms with Crippen molar-refractivity contribution in [3.63, 3.8) is 0 Å². The van der Waals surface area contributed by atoms with Gasteiger partial charge in [-0.3, -0.25) is 4.79 Å². The number of rotatable bonds is 7. The van der Waals surface area contributed by atoms with E-state index in [2.05, 4.69) is 13.8 Å². The standard InChI is InChI=1S/C21H29NO5/c1-7-26-20(24)13(5)17-16(23)10-9-15-19(17)18(21(25)27-8-2)14(6)22(15)11-12(3)4/h9-10,12-13,23H,7-8,11H2,1-6H3. The zero-order chi connectivity index (χ0) is 20.3. The van der Waals surface area contributed by atoms with Gasteiger partial charge in [-0.25, -0.2) is 4.79 Å². The Bertz CT molecular complexity index is 850. The van der Waals surface area contributed by atoms with E-state index in [9.17, 15) is 14.7 Å².